The van der Waals surface area contributed by atoms with Crippen LogP contribution < -0.4 is 5.32 Å². The van der Waals surface area contributed by atoms with E-state index in [9.17, 15) is 4.79 Å². The number of benzene rings is 2. The zero-order valence-electron chi connectivity index (χ0n) is 13.7. The molecule has 2 aromatic rings. The molecular weight excluding hydrogens is 270 g/mol. The summed E-state index contributed by atoms with van der Waals surface area (Å²) in [5.41, 5.74) is 5.41. The molecular formula is C20H23NO. The van der Waals surface area contributed by atoms with Crippen LogP contribution in [0.3, 0.4) is 0 Å². The van der Waals surface area contributed by atoms with Crippen molar-refractivity contribution in [1.29, 1.82) is 0 Å². The monoisotopic (exact) mass is 293 g/mol. The number of aryl methyl sites for hydroxylation is 2. The number of carbonyl (C=O) groups excluding carboxylic acids is 1. The van der Waals surface area contributed by atoms with Crippen LogP contribution in [-0.4, -0.2) is 5.91 Å². The van der Waals surface area contributed by atoms with E-state index in [4.69, 9.17) is 0 Å². The summed E-state index contributed by atoms with van der Waals surface area (Å²) in [5.74, 6) is 0.271. The minimum Gasteiger partial charge on any atom is -0.322 e. The van der Waals surface area contributed by atoms with Crippen LogP contribution in [0.15, 0.2) is 48.5 Å². The van der Waals surface area contributed by atoms with Gasteiger partial charge in [-0.25, -0.2) is 0 Å². The van der Waals surface area contributed by atoms with E-state index in [1.165, 1.54) is 5.56 Å². The zero-order valence-corrected chi connectivity index (χ0v) is 13.7. The number of para-hydroxylation sites is 1. The molecule has 0 saturated carbocycles. The molecule has 1 amide bonds. The first-order chi connectivity index (χ1) is 10.5. The number of hydrogen-bond acceptors (Lipinski definition) is 1. The summed E-state index contributed by atoms with van der Waals surface area (Å²) in [6.45, 7) is 8.33. The molecule has 1 N–H and O–H groups in total. The topological polar surface area (TPSA) is 29.1 Å². The predicted octanol–water partition coefficient (Wildman–Crippen LogP) is 5.08. The molecule has 2 nitrogen and oxygen atoms in total. The molecule has 0 heterocycles. The van der Waals surface area contributed by atoms with Crippen LogP contribution >= 0.6 is 0 Å². The largest absolute Gasteiger partial charge is 0.322 e. The Balaban J connectivity index is 2.14. The Bertz CT molecular complexity index is 681. The summed E-state index contributed by atoms with van der Waals surface area (Å²) in [6, 6.07) is 14.2. The van der Waals surface area contributed by atoms with Gasteiger partial charge in [0.15, 0.2) is 0 Å². The molecule has 2 heteroatoms. The van der Waals surface area contributed by atoms with E-state index >= 15 is 0 Å². The lowest BCUT2D eigenvalue weighted by molar-refractivity contribution is -0.111. The second-order valence-electron chi connectivity index (χ2n) is 5.93. The van der Waals surface area contributed by atoms with E-state index < -0.39 is 0 Å². The van der Waals surface area contributed by atoms with E-state index in [0.717, 1.165) is 22.4 Å². The number of anilines is 1. The Kier molecular flexibility index (Phi) is 5.16. The average Bonchev–Trinajstić information content (AvgIpc) is 2.48. The highest BCUT2D eigenvalue weighted by atomic mass is 16.1. The third-order valence-electron chi connectivity index (χ3n) is 3.68. The van der Waals surface area contributed by atoms with Crippen LogP contribution in [0, 0.1) is 13.8 Å². The van der Waals surface area contributed by atoms with Gasteiger partial charge < -0.3 is 5.32 Å². The van der Waals surface area contributed by atoms with Gasteiger partial charge in [-0.05, 0) is 42.5 Å². The van der Waals surface area contributed by atoms with Crippen molar-refractivity contribution >= 4 is 17.7 Å². The van der Waals surface area contributed by atoms with Gasteiger partial charge in [-0.3, -0.25) is 4.79 Å². The highest BCUT2D eigenvalue weighted by molar-refractivity contribution is 6.02. The number of amides is 1. The molecule has 0 fully saturated rings. The average molecular weight is 293 g/mol. The lowest BCUT2D eigenvalue weighted by Gasteiger charge is -2.15. The van der Waals surface area contributed by atoms with E-state index in [1.807, 2.05) is 56.3 Å². The van der Waals surface area contributed by atoms with Crippen LogP contribution in [0.25, 0.3) is 6.08 Å². The van der Waals surface area contributed by atoms with Gasteiger partial charge in [-0.1, -0.05) is 61.9 Å². The van der Waals surface area contributed by atoms with Crippen molar-refractivity contribution in [3.63, 3.8) is 0 Å². The van der Waals surface area contributed by atoms with Crippen LogP contribution in [0.5, 0.6) is 0 Å². The molecule has 0 aliphatic rings. The highest BCUT2D eigenvalue weighted by Gasteiger charge is 2.10. The van der Waals surface area contributed by atoms with Gasteiger partial charge in [0.25, 0.3) is 0 Å². The zero-order chi connectivity index (χ0) is 16.1. The smallest absolute Gasteiger partial charge is 0.248 e. The van der Waals surface area contributed by atoms with E-state index in [1.54, 1.807) is 6.08 Å². The lowest BCUT2D eigenvalue weighted by atomic mass is 9.98. The van der Waals surface area contributed by atoms with Crippen molar-refractivity contribution in [2.75, 3.05) is 5.32 Å². The molecule has 2 aromatic carbocycles. The Hall–Kier alpha value is -2.35. The SMILES string of the molecule is Cc1ccc(C=CC(=O)Nc2c(C)cccc2C(C)C)cc1. The minimum absolute atomic E-state index is 0.100. The van der Waals surface area contributed by atoms with Gasteiger partial charge in [0, 0.05) is 11.8 Å². The molecule has 22 heavy (non-hydrogen) atoms. The molecule has 0 saturated heterocycles. The number of rotatable bonds is 4. The maximum absolute atomic E-state index is 12.2. The Morgan fingerprint density at radius 2 is 1.73 bits per heavy atom. The van der Waals surface area contributed by atoms with Crippen molar-refractivity contribution < 1.29 is 4.79 Å². The van der Waals surface area contributed by atoms with Gasteiger partial charge in [0.1, 0.15) is 0 Å². The van der Waals surface area contributed by atoms with Crippen molar-refractivity contribution in [2.45, 2.75) is 33.6 Å². The summed E-state index contributed by atoms with van der Waals surface area (Å²) in [7, 11) is 0. The van der Waals surface area contributed by atoms with E-state index in [2.05, 4.69) is 25.2 Å². The van der Waals surface area contributed by atoms with Gasteiger partial charge in [0.2, 0.25) is 5.91 Å². The van der Waals surface area contributed by atoms with Gasteiger partial charge in [-0.2, -0.15) is 0 Å². The van der Waals surface area contributed by atoms with Gasteiger partial charge in [0.05, 0.1) is 0 Å². The summed E-state index contributed by atoms with van der Waals surface area (Å²) in [6.07, 6.45) is 3.42. The van der Waals surface area contributed by atoms with Crippen LogP contribution in [-0.2, 0) is 4.79 Å². The molecule has 0 aliphatic carbocycles. The summed E-state index contributed by atoms with van der Waals surface area (Å²) in [4.78, 5) is 12.2. The molecule has 114 valence electrons. The summed E-state index contributed by atoms with van der Waals surface area (Å²) >= 11 is 0. The second-order valence-corrected chi connectivity index (χ2v) is 5.93. The van der Waals surface area contributed by atoms with Crippen molar-refractivity contribution in [3.8, 4) is 0 Å². The summed E-state index contributed by atoms with van der Waals surface area (Å²) in [5, 5.41) is 3.02. The quantitative estimate of drug-likeness (QED) is 0.783. The first-order valence-electron chi connectivity index (χ1n) is 7.62. The predicted molar refractivity (Wildman–Crippen MR) is 94.1 cm³/mol. The third kappa shape index (κ3) is 4.08. The Morgan fingerprint density at radius 3 is 2.36 bits per heavy atom. The molecule has 0 aromatic heterocycles. The Labute approximate surface area is 132 Å². The second kappa shape index (κ2) is 7.08. The first-order valence-corrected chi connectivity index (χ1v) is 7.62. The van der Waals surface area contributed by atoms with Crippen LogP contribution in [0.4, 0.5) is 5.69 Å². The van der Waals surface area contributed by atoms with Crippen molar-refractivity contribution in [2.24, 2.45) is 0 Å². The minimum atomic E-state index is -0.100. The number of hydrogen-bond donors (Lipinski definition) is 1. The molecule has 0 bridgehead atoms. The molecule has 2 rings (SSSR count). The van der Waals surface area contributed by atoms with Gasteiger partial charge in [-0.15, -0.1) is 0 Å². The van der Waals surface area contributed by atoms with Crippen LogP contribution in [0.2, 0.25) is 0 Å². The van der Waals surface area contributed by atoms with E-state index in [-0.39, 0.29) is 5.91 Å². The fourth-order valence-electron chi connectivity index (χ4n) is 2.36. The van der Waals surface area contributed by atoms with Gasteiger partial charge >= 0.3 is 0 Å². The molecule has 0 spiro atoms. The summed E-state index contributed by atoms with van der Waals surface area (Å²) < 4.78 is 0. The molecule has 0 atom stereocenters. The molecule has 0 radical (unpaired) electrons. The molecule has 0 unspecified atom stereocenters. The fourth-order valence-corrected chi connectivity index (χ4v) is 2.36. The normalized spacial score (nSPS) is 11.1. The van der Waals surface area contributed by atoms with E-state index in [0.29, 0.717) is 5.92 Å². The fraction of sp³-hybridized carbons (Fsp3) is 0.250. The van der Waals surface area contributed by atoms with Crippen LogP contribution in [0.1, 0.15) is 42.0 Å². The highest BCUT2D eigenvalue weighted by Crippen LogP contribution is 2.27. The first kappa shape index (κ1) is 16.0. The van der Waals surface area contributed by atoms with Crippen molar-refractivity contribution in [1.82, 2.24) is 0 Å². The lowest BCUT2D eigenvalue weighted by Crippen LogP contribution is -2.11. The van der Waals surface area contributed by atoms with Crippen molar-refractivity contribution in [3.05, 3.63) is 70.8 Å². The number of nitrogens with one attached hydrogen (secondary N) is 1. The number of carbonyl (C=O) groups is 1. The standard InChI is InChI=1S/C20H23NO/c1-14(2)18-7-5-6-16(4)20(18)21-19(22)13-12-17-10-8-15(3)9-11-17/h5-14H,1-4H3,(H,21,22). The molecule has 0 aliphatic heterocycles. The maximum atomic E-state index is 12.2. The Morgan fingerprint density at radius 1 is 1.05 bits per heavy atom. The maximum Gasteiger partial charge on any atom is 0.248 e. The third-order valence-corrected chi connectivity index (χ3v) is 3.68.